The molecule has 1 saturated heterocycles. The first-order chi connectivity index (χ1) is 14.1. The number of nitrogens with one attached hydrogen (secondary N) is 1. The van der Waals surface area contributed by atoms with Gasteiger partial charge < -0.3 is 14.7 Å². The monoisotopic (exact) mass is 430 g/mol. The Morgan fingerprint density at radius 1 is 1.30 bits per heavy atom. The molecule has 0 spiro atoms. The average Bonchev–Trinajstić information content (AvgIpc) is 3.17. The average molecular weight is 430 g/mol. The molecule has 1 N–H and O–H groups in total. The van der Waals surface area contributed by atoms with E-state index in [4.69, 9.17) is 4.52 Å². The first-order valence-corrected chi connectivity index (χ1v) is 9.06. The summed E-state index contributed by atoms with van der Waals surface area (Å²) in [4.78, 5) is 30.0. The van der Waals surface area contributed by atoms with Crippen LogP contribution >= 0.6 is 0 Å². The van der Waals surface area contributed by atoms with Crippen molar-refractivity contribution in [1.82, 2.24) is 20.4 Å². The van der Waals surface area contributed by atoms with E-state index in [-0.39, 0.29) is 43.2 Å². The molecule has 0 saturated carbocycles. The van der Waals surface area contributed by atoms with Crippen molar-refractivity contribution in [3.8, 4) is 11.5 Å². The topological polar surface area (TPSA) is 97.6 Å². The zero-order chi connectivity index (χ0) is 21.9. The van der Waals surface area contributed by atoms with Crippen LogP contribution < -0.4 is 5.32 Å². The minimum absolute atomic E-state index is 0.0355. The van der Waals surface area contributed by atoms with Gasteiger partial charge in [0.25, 0.3) is 17.6 Å². The van der Waals surface area contributed by atoms with Crippen molar-refractivity contribution in [2.75, 3.05) is 13.1 Å². The van der Waals surface area contributed by atoms with Crippen molar-refractivity contribution in [3.63, 3.8) is 0 Å². The summed E-state index contributed by atoms with van der Waals surface area (Å²) in [5.74, 6) is -2.16. The van der Waals surface area contributed by atoms with Gasteiger partial charge in [-0.25, -0.2) is 4.39 Å². The highest BCUT2D eigenvalue weighted by Crippen LogP contribution is 2.24. The van der Waals surface area contributed by atoms with Gasteiger partial charge >= 0.3 is 6.36 Å². The Balaban J connectivity index is 1.54. The summed E-state index contributed by atoms with van der Waals surface area (Å²) in [5.41, 5.74) is 0.287. The second-order valence-corrected chi connectivity index (χ2v) is 6.72. The molecule has 0 unspecified atom stereocenters. The Morgan fingerprint density at radius 3 is 2.63 bits per heavy atom. The molecule has 2 amide bonds. The minimum Gasteiger partial charge on any atom is -0.341 e. The maximum absolute atomic E-state index is 13.3. The largest absolute Gasteiger partial charge is 0.522 e. The van der Waals surface area contributed by atoms with E-state index in [2.05, 4.69) is 20.2 Å². The number of amides is 2. The van der Waals surface area contributed by atoms with E-state index in [1.807, 2.05) is 0 Å². The molecule has 1 aliphatic heterocycles. The van der Waals surface area contributed by atoms with Crippen molar-refractivity contribution < 1.29 is 36.4 Å². The van der Waals surface area contributed by atoms with Crippen LogP contribution in [0, 0.1) is 5.82 Å². The van der Waals surface area contributed by atoms with Crippen LogP contribution in [0.15, 0.2) is 28.8 Å². The highest BCUT2D eigenvalue weighted by molar-refractivity contribution is 5.94. The highest BCUT2D eigenvalue weighted by atomic mass is 19.4. The van der Waals surface area contributed by atoms with Gasteiger partial charge in [0.15, 0.2) is 0 Å². The summed E-state index contributed by atoms with van der Waals surface area (Å²) < 4.78 is 59.0. The van der Waals surface area contributed by atoms with E-state index in [0.29, 0.717) is 0 Å². The van der Waals surface area contributed by atoms with Gasteiger partial charge in [0, 0.05) is 18.7 Å². The number of carbonyl (C=O) groups excluding carboxylic acids is 2. The Hall–Kier alpha value is -3.02. The molecular weight excluding hydrogens is 412 g/mol. The quantitative estimate of drug-likeness (QED) is 0.733. The molecule has 8 nitrogen and oxygen atoms in total. The van der Waals surface area contributed by atoms with Gasteiger partial charge in [0.1, 0.15) is 11.9 Å². The normalized spacial score (nSPS) is 16.4. The van der Waals surface area contributed by atoms with Crippen LogP contribution in [0.2, 0.25) is 0 Å². The maximum atomic E-state index is 13.3. The van der Waals surface area contributed by atoms with Crippen LogP contribution in [0.4, 0.5) is 17.6 Å². The van der Waals surface area contributed by atoms with Gasteiger partial charge in [-0.3, -0.25) is 14.3 Å². The van der Waals surface area contributed by atoms with Gasteiger partial charge in [-0.2, -0.15) is 4.98 Å². The third-order valence-corrected chi connectivity index (χ3v) is 4.47. The number of piperidine rings is 1. The molecule has 2 aromatic rings. The zero-order valence-electron chi connectivity index (χ0n) is 15.8. The number of alkyl halides is 3. The van der Waals surface area contributed by atoms with Crippen molar-refractivity contribution in [3.05, 3.63) is 35.9 Å². The molecule has 1 aromatic carbocycles. The molecule has 0 radical (unpaired) electrons. The van der Waals surface area contributed by atoms with E-state index in [1.165, 1.54) is 30.0 Å². The maximum Gasteiger partial charge on any atom is 0.522 e. The number of benzene rings is 1. The third-order valence-electron chi connectivity index (χ3n) is 4.47. The number of carbonyl (C=O) groups is 2. The van der Waals surface area contributed by atoms with Gasteiger partial charge in [-0.15, -0.1) is 13.2 Å². The van der Waals surface area contributed by atoms with Crippen molar-refractivity contribution >= 4 is 11.8 Å². The second-order valence-electron chi connectivity index (χ2n) is 6.72. The van der Waals surface area contributed by atoms with Crippen LogP contribution in [0.5, 0.6) is 0 Å². The Bertz CT molecular complexity index is 910. The summed E-state index contributed by atoms with van der Waals surface area (Å²) in [6.07, 6.45) is -5.64. The molecular formula is C18H18F4N4O4. The summed E-state index contributed by atoms with van der Waals surface area (Å²) in [7, 11) is 0. The molecule has 1 atom stereocenters. The first kappa shape index (κ1) is 21.7. The molecule has 30 heavy (non-hydrogen) atoms. The molecule has 1 aromatic heterocycles. The van der Waals surface area contributed by atoms with Crippen LogP contribution in [0.25, 0.3) is 11.5 Å². The second kappa shape index (κ2) is 8.78. The van der Waals surface area contributed by atoms with Crippen molar-refractivity contribution in [1.29, 1.82) is 0 Å². The van der Waals surface area contributed by atoms with Gasteiger partial charge in [-0.1, -0.05) is 11.2 Å². The Kier molecular flexibility index (Phi) is 6.34. The van der Waals surface area contributed by atoms with E-state index >= 15 is 0 Å². The number of halogens is 4. The summed E-state index contributed by atoms with van der Waals surface area (Å²) in [6, 6.07) is 4.40. The number of aromatic nitrogens is 2. The van der Waals surface area contributed by atoms with Gasteiger partial charge in [0.05, 0.1) is 6.10 Å². The fourth-order valence-electron chi connectivity index (χ4n) is 3.03. The van der Waals surface area contributed by atoms with E-state index in [9.17, 15) is 27.2 Å². The smallest absolute Gasteiger partial charge is 0.341 e. The van der Waals surface area contributed by atoms with E-state index in [0.717, 1.165) is 6.07 Å². The summed E-state index contributed by atoms with van der Waals surface area (Å²) in [6.45, 7) is 1.59. The molecule has 0 bridgehead atoms. The fourth-order valence-corrected chi connectivity index (χ4v) is 3.03. The third kappa shape index (κ3) is 5.53. The first-order valence-electron chi connectivity index (χ1n) is 9.06. The fraction of sp³-hybridized carbons (Fsp3) is 0.444. The van der Waals surface area contributed by atoms with E-state index in [1.54, 1.807) is 0 Å². The van der Waals surface area contributed by atoms with Crippen LogP contribution in [-0.2, 0) is 9.53 Å². The van der Waals surface area contributed by atoms with Crippen molar-refractivity contribution in [2.24, 2.45) is 0 Å². The number of ether oxygens (including phenoxy) is 1. The molecule has 1 fully saturated rings. The number of hydrogen-bond donors (Lipinski definition) is 1. The number of nitrogens with zero attached hydrogens (tertiary/aromatic N) is 3. The minimum atomic E-state index is -4.72. The molecule has 0 aliphatic carbocycles. The Labute approximate surface area is 168 Å². The lowest BCUT2D eigenvalue weighted by atomic mass is 10.1. The summed E-state index contributed by atoms with van der Waals surface area (Å²) >= 11 is 0. The number of hydrogen-bond acceptors (Lipinski definition) is 6. The molecule has 12 heteroatoms. The van der Waals surface area contributed by atoms with Gasteiger partial charge in [0.2, 0.25) is 5.91 Å². The lowest BCUT2D eigenvalue weighted by Crippen LogP contribution is -2.50. The SMILES string of the molecule is C[C@@H](NC(=O)c1noc(-c2cccc(F)c2)n1)C(=O)N1CCC(OC(F)(F)F)CC1. The molecule has 2 heterocycles. The molecule has 3 rings (SSSR count). The molecule has 1 aliphatic rings. The van der Waals surface area contributed by atoms with Gasteiger partial charge in [-0.05, 0) is 38.0 Å². The van der Waals surface area contributed by atoms with Crippen molar-refractivity contribution in [2.45, 2.75) is 38.3 Å². The van der Waals surface area contributed by atoms with Crippen LogP contribution in [-0.4, -0.2) is 58.5 Å². The number of rotatable bonds is 5. The predicted molar refractivity (Wildman–Crippen MR) is 93.4 cm³/mol. The lowest BCUT2D eigenvalue weighted by molar-refractivity contribution is -0.345. The highest BCUT2D eigenvalue weighted by Gasteiger charge is 2.36. The number of likely N-dealkylation sites (tertiary alicyclic amines) is 1. The Morgan fingerprint density at radius 2 is 2.00 bits per heavy atom. The van der Waals surface area contributed by atoms with Crippen LogP contribution in [0.3, 0.4) is 0 Å². The van der Waals surface area contributed by atoms with Crippen LogP contribution in [0.1, 0.15) is 30.4 Å². The molecule has 162 valence electrons. The predicted octanol–water partition coefficient (Wildman–Crippen LogP) is 2.52. The zero-order valence-corrected chi connectivity index (χ0v) is 15.8. The lowest BCUT2D eigenvalue weighted by Gasteiger charge is -2.33. The standard InChI is InChI=1S/C18H18F4N4O4/c1-10(17(28)26-7-5-13(6-8-26)29-18(20,21)22)23-15(27)14-24-16(30-25-14)11-3-2-4-12(19)9-11/h2-4,9-10,13H,5-8H2,1H3,(H,23,27)/t10-/m1/s1. The summed E-state index contributed by atoms with van der Waals surface area (Å²) in [5, 5.41) is 5.94. The van der Waals surface area contributed by atoms with E-state index < -0.39 is 36.1 Å².